The number of anilines is 1. The SMILES string of the molecule is CC(C)CN(N(CCCCCCO)C(=O)C(NC(=O)c1ccc(O)nc1)C(c1ccccc1)c1ccccc1)S(=O)(=O)c1ccc(N)cc1. The number of nitrogens with one attached hydrogen (secondary N) is 1. The third kappa shape index (κ3) is 9.88. The Hall–Kier alpha value is -4.78. The molecule has 1 atom stereocenters. The Labute approximate surface area is 288 Å². The second kappa shape index (κ2) is 17.6. The number of aliphatic hydroxyl groups is 1. The van der Waals surface area contributed by atoms with Gasteiger partial charge in [0.05, 0.1) is 10.5 Å². The van der Waals surface area contributed by atoms with E-state index in [4.69, 9.17) is 5.73 Å². The molecule has 0 aliphatic carbocycles. The number of aromatic hydroxyl groups is 1. The van der Waals surface area contributed by atoms with E-state index in [1.807, 2.05) is 74.5 Å². The molecule has 0 saturated heterocycles. The molecule has 0 bridgehead atoms. The number of hydrogen-bond donors (Lipinski definition) is 4. The van der Waals surface area contributed by atoms with Crippen molar-refractivity contribution in [1.29, 1.82) is 0 Å². The number of pyridine rings is 1. The number of nitrogens with two attached hydrogens (primary N) is 1. The van der Waals surface area contributed by atoms with Crippen molar-refractivity contribution < 1.29 is 28.2 Å². The first-order chi connectivity index (χ1) is 23.5. The number of sulfonamides is 1. The number of carbonyl (C=O) groups excluding carboxylic acids is 2. The lowest BCUT2D eigenvalue weighted by atomic mass is 9.84. The lowest BCUT2D eigenvalue weighted by Crippen LogP contribution is -2.59. The monoisotopic (exact) mass is 687 g/mol. The number of unbranched alkanes of at least 4 members (excludes halogenated alkanes) is 3. The minimum absolute atomic E-state index is 0.0149. The van der Waals surface area contributed by atoms with Gasteiger partial charge in [0.15, 0.2) is 0 Å². The van der Waals surface area contributed by atoms with Gasteiger partial charge in [-0.3, -0.25) is 14.6 Å². The van der Waals surface area contributed by atoms with Crippen LogP contribution >= 0.6 is 0 Å². The van der Waals surface area contributed by atoms with Gasteiger partial charge in [-0.05, 0) is 60.2 Å². The number of hydrogen-bond acceptors (Lipinski definition) is 8. The Morgan fingerprint density at radius 1 is 0.837 bits per heavy atom. The predicted molar refractivity (Wildman–Crippen MR) is 189 cm³/mol. The Balaban J connectivity index is 1.89. The molecule has 1 heterocycles. The molecule has 260 valence electrons. The zero-order valence-electron chi connectivity index (χ0n) is 27.9. The maximum Gasteiger partial charge on any atom is 0.261 e. The molecule has 0 aliphatic heterocycles. The van der Waals surface area contributed by atoms with Gasteiger partial charge in [0.2, 0.25) is 5.88 Å². The van der Waals surface area contributed by atoms with Crippen molar-refractivity contribution in [1.82, 2.24) is 19.7 Å². The summed E-state index contributed by atoms with van der Waals surface area (Å²) in [5.41, 5.74) is 7.85. The Bertz CT molecular complexity index is 1700. The summed E-state index contributed by atoms with van der Waals surface area (Å²) in [4.78, 5) is 32.8. The highest BCUT2D eigenvalue weighted by atomic mass is 32.2. The number of amides is 2. The fourth-order valence-electron chi connectivity index (χ4n) is 5.55. The van der Waals surface area contributed by atoms with Gasteiger partial charge in [0, 0.05) is 43.6 Å². The lowest BCUT2D eigenvalue weighted by molar-refractivity contribution is -0.144. The molecule has 0 spiro atoms. The van der Waals surface area contributed by atoms with E-state index in [9.17, 15) is 23.4 Å². The maximum absolute atomic E-state index is 15.2. The van der Waals surface area contributed by atoms with E-state index in [1.54, 1.807) is 0 Å². The molecule has 0 fully saturated rings. The van der Waals surface area contributed by atoms with Gasteiger partial charge in [0.1, 0.15) is 6.04 Å². The molecule has 0 aliphatic rings. The number of hydrazine groups is 1. The summed E-state index contributed by atoms with van der Waals surface area (Å²) in [5.74, 6) is -2.41. The summed E-state index contributed by atoms with van der Waals surface area (Å²) in [6, 6.07) is 25.7. The molecule has 49 heavy (non-hydrogen) atoms. The molecule has 0 radical (unpaired) electrons. The third-order valence-corrected chi connectivity index (χ3v) is 9.76. The van der Waals surface area contributed by atoms with Crippen molar-refractivity contribution in [2.24, 2.45) is 5.92 Å². The minimum Gasteiger partial charge on any atom is -0.493 e. The molecule has 0 saturated carbocycles. The zero-order valence-corrected chi connectivity index (χ0v) is 28.7. The Morgan fingerprint density at radius 3 is 1.96 bits per heavy atom. The number of aliphatic hydroxyl groups excluding tert-OH is 1. The van der Waals surface area contributed by atoms with Gasteiger partial charge < -0.3 is 21.3 Å². The van der Waals surface area contributed by atoms with E-state index in [1.165, 1.54) is 47.6 Å². The molecular formula is C37H45N5O6S. The Kier molecular flexibility index (Phi) is 13.3. The van der Waals surface area contributed by atoms with Crippen LogP contribution in [0.3, 0.4) is 0 Å². The van der Waals surface area contributed by atoms with Crippen molar-refractivity contribution in [3.63, 3.8) is 0 Å². The second-order valence-electron chi connectivity index (χ2n) is 12.2. The first-order valence-electron chi connectivity index (χ1n) is 16.4. The molecule has 5 N–H and O–H groups in total. The third-order valence-electron chi connectivity index (χ3n) is 7.99. The summed E-state index contributed by atoms with van der Waals surface area (Å²) in [5, 5.41) is 23.2. The summed E-state index contributed by atoms with van der Waals surface area (Å²) in [6.07, 6.45) is 3.57. The summed E-state index contributed by atoms with van der Waals surface area (Å²) in [6.45, 7) is 3.78. The van der Waals surface area contributed by atoms with E-state index >= 15 is 4.79 Å². The lowest BCUT2D eigenvalue weighted by Gasteiger charge is -2.39. The normalized spacial score (nSPS) is 12.3. The summed E-state index contributed by atoms with van der Waals surface area (Å²) < 4.78 is 29.9. The largest absolute Gasteiger partial charge is 0.493 e. The topological polar surface area (TPSA) is 166 Å². The van der Waals surface area contributed by atoms with E-state index in [0.29, 0.717) is 31.4 Å². The van der Waals surface area contributed by atoms with E-state index in [-0.39, 0.29) is 42.0 Å². The molecule has 1 aromatic heterocycles. The summed E-state index contributed by atoms with van der Waals surface area (Å²) in [7, 11) is -4.29. The highest BCUT2D eigenvalue weighted by Crippen LogP contribution is 2.31. The highest BCUT2D eigenvalue weighted by Gasteiger charge is 2.41. The van der Waals surface area contributed by atoms with Crippen LogP contribution in [0.5, 0.6) is 5.88 Å². The molecule has 1 unspecified atom stereocenters. The number of nitrogen functional groups attached to an aromatic ring is 1. The van der Waals surface area contributed by atoms with Crippen molar-refractivity contribution in [3.8, 4) is 5.88 Å². The average Bonchev–Trinajstić information content (AvgIpc) is 3.10. The van der Waals surface area contributed by atoms with Gasteiger partial charge >= 0.3 is 0 Å². The van der Waals surface area contributed by atoms with Crippen LogP contribution in [-0.2, 0) is 14.8 Å². The van der Waals surface area contributed by atoms with Crippen LogP contribution in [0.15, 0.2) is 108 Å². The van der Waals surface area contributed by atoms with Crippen molar-refractivity contribution in [2.45, 2.75) is 56.4 Å². The molecule has 12 heteroatoms. The van der Waals surface area contributed by atoms with E-state index in [2.05, 4.69) is 10.3 Å². The smallest absolute Gasteiger partial charge is 0.261 e. The fraction of sp³-hybridized carbons (Fsp3) is 0.324. The van der Waals surface area contributed by atoms with Crippen LogP contribution < -0.4 is 11.1 Å². The second-order valence-corrected chi connectivity index (χ2v) is 14.1. The quantitative estimate of drug-likeness (QED) is 0.0688. The first-order valence-corrected chi connectivity index (χ1v) is 17.8. The molecule has 3 aromatic carbocycles. The molecule has 11 nitrogen and oxygen atoms in total. The molecular weight excluding hydrogens is 643 g/mol. The van der Waals surface area contributed by atoms with Gasteiger partial charge in [-0.25, -0.2) is 13.4 Å². The van der Waals surface area contributed by atoms with Crippen LogP contribution in [0.25, 0.3) is 0 Å². The fourth-order valence-corrected chi connectivity index (χ4v) is 7.19. The number of rotatable bonds is 17. The number of benzene rings is 3. The molecule has 2 amide bonds. The number of carbonyl (C=O) groups is 2. The van der Waals surface area contributed by atoms with Gasteiger partial charge in [0.25, 0.3) is 21.8 Å². The zero-order chi connectivity index (χ0) is 35.4. The molecule has 4 aromatic rings. The predicted octanol–water partition coefficient (Wildman–Crippen LogP) is 4.94. The van der Waals surface area contributed by atoms with Crippen molar-refractivity contribution in [2.75, 3.05) is 25.4 Å². The number of nitrogens with zero attached hydrogens (tertiary/aromatic N) is 3. The highest BCUT2D eigenvalue weighted by molar-refractivity contribution is 7.89. The van der Waals surface area contributed by atoms with E-state index < -0.39 is 33.8 Å². The van der Waals surface area contributed by atoms with Crippen LogP contribution in [0.4, 0.5) is 5.69 Å². The molecule has 4 rings (SSSR count). The van der Waals surface area contributed by atoms with Crippen LogP contribution in [-0.4, -0.2) is 70.6 Å². The van der Waals surface area contributed by atoms with Crippen molar-refractivity contribution >= 4 is 27.5 Å². The van der Waals surface area contributed by atoms with Gasteiger partial charge in [-0.2, -0.15) is 0 Å². The van der Waals surface area contributed by atoms with Crippen LogP contribution in [0, 0.1) is 5.92 Å². The Morgan fingerprint density at radius 2 is 1.43 bits per heavy atom. The van der Waals surface area contributed by atoms with E-state index in [0.717, 1.165) is 15.5 Å². The summed E-state index contributed by atoms with van der Waals surface area (Å²) >= 11 is 0. The standard InChI is InChI=1S/C37H45N5O6S/c1-27(2)26-42(49(47,48)32-20-18-31(38)19-21-32)41(23-11-3-4-12-24-43)37(46)35(40-36(45)30-17-22-33(44)39-25-30)34(28-13-7-5-8-14-28)29-15-9-6-10-16-29/h5-10,13-22,25,27,34-35,43H,3-4,11-12,23-24,26,38H2,1-2H3,(H,39,44)(H,40,45). The number of aromatic nitrogens is 1. The van der Waals surface area contributed by atoms with Gasteiger partial charge in [-0.15, -0.1) is 4.41 Å². The van der Waals surface area contributed by atoms with Gasteiger partial charge in [-0.1, -0.05) is 87.4 Å². The maximum atomic E-state index is 15.2. The first kappa shape index (κ1) is 37.0. The van der Waals surface area contributed by atoms with Crippen molar-refractivity contribution in [3.05, 3.63) is 120 Å². The van der Waals surface area contributed by atoms with Crippen LogP contribution in [0.2, 0.25) is 0 Å². The average molecular weight is 688 g/mol. The van der Waals surface area contributed by atoms with Crippen LogP contribution in [0.1, 0.15) is 66.9 Å². The minimum atomic E-state index is -4.29.